The largest absolute Gasteiger partial charge is 0.506 e. The number of hydrogen-bond acceptors (Lipinski definition) is 4. The minimum atomic E-state index is -0.851. The number of aliphatic hydroxyl groups excluding tert-OH is 1. The van der Waals surface area contributed by atoms with Crippen molar-refractivity contribution in [1.29, 1.82) is 0 Å². The maximum atomic E-state index is 9.48. The van der Waals surface area contributed by atoms with Crippen LogP contribution in [0.2, 0.25) is 0 Å². The summed E-state index contributed by atoms with van der Waals surface area (Å²) in [5.74, 6) is 0.00475. The minimum absolute atomic E-state index is 0.00475. The first kappa shape index (κ1) is 10.8. The van der Waals surface area contributed by atoms with Crippen molar-refractivity contribution in [1.82, 2.24) is 0 Å². The first-order valence-corrected chi connectivity index (χ1v) is 4.38. The molecule has 1 atom stereocenters. The second-order valence-corrected chi connectivity index (χ2v) is 3.80. The Morgan fingerprint density at radius 2 is 2.00 bits per heavy atom. The van der Waals surface area contributed by atoms with Crippen LogP contribution in [0.5, 0.6) is 5.75 Å². The number of rotatable bonds is 2. The molecule has 0 saturated carbocycles. The number of benzene rings is 1. The third kappa shape index (κ3) is 1.81. The number of aryl methyl sites for hydroxylation is 1. The average molecular weight is 196 g/mol. The molecule has 0 amide bonds. The molecule has 78 valence electrons. The Kier molecular flexibility index (Phi) is 2.69. The summed E-state index contributed by atoms with van der Waals surface area (Å²) < 4.78 is 0. The molecular weight excluding hydrogens is 180 g/mol. The molecule has 14 heavy (non-hydrogen) atoms. The predicted molar refractivity (Wildman–Crippen MR) is 55.9 cm³/mol. The van der Waals surface area contributed by atoms with Crippen LogP contribution in [-0.4, -0.2) is 16.8 Å². The molecule has 0 bridgehead atoms. The summed E-state index contributed by atoms with van der Waals surface area (Å²) in [6.45, 7) is 3.29. The van der Waals surface area contributed by atoms with Gasteiger partial charge in [0.25, 0.3) is 0 Å². The molecular formula is C10H16N2O2. The zero-order valence-electron chi connectivity index (χ0n) is 8.41. The van der Waals surface area contributed by atoms with Crippen LogP contribution in [0.4, 0.5) is 5.69 Å². The van der Waals surface area contributed by atoms with Gasteiger partial charge in [-0.05, 0) is 31.0 Å². The van der Waals surface area contributed by atoms with Crippen LogP contribution in [0.3, 0.4) is 0 Å². The van der Waals surface area contributed by atoms with Gasteiger partial charge in [-0.25, -0.2) is 0 Å². The van der Waals surface area contributed by atoms with Crippen LogP contribution < -0.4 is 11.5 Å². The Balaban J connectivity index is 3.26. The highest BCUT2D eigenvalue weighted by atomic mass is 16.3. The molecule has 0 aliphatic rings. The lowest BCUT2D eigenvalue weighted by Gasteiger charge is -2.23. The number of phenolic OH excluding ortho intramolecular Hbond substituents is 1. The predicted octanol–water partition coefficient (Wildman–Crippen LogP) is 0.449. The molecule has 4 nitrogen and oxygen atoms in total. The Morgan fingerprint density at radius 3 is 2.43 bits per heavy atom. The zero-order chi connectivity index (χ0) is 10.9. The van der Waals surface area contributed by atoms with Crippen LogP contribution >= 0.6 is 0 Å². The highest BCUT2D eigenvalue weighted by Gasteiger charge is 2.21. The van der Waals surface area contributed by atoms with Crippen molar-refractivity contribution in [2.24, 2.45) is 5.73 Å². The first-order valence-electron chi connectivity index (χ1n) is 4.38. The fraction of sp³-hybridized carbons (Fsp3) is 0.400. The highest BCUT2D eigenvalue weighted by Crippen LogP contribution is 2.29. The van der Waals surface area contributed by atoms with Crippen molar-refractivity contribution in [2.75, 3.05) is 12.3 Å². The van der Waals surface area contributed by atoms with Gasteiger partial charge in [0.15, 0.2) is 0 Å². The minimum Gasteiger partial charge on any atom is -0.506 e. The number of anilines is 1. The summed E-state index contributed by atoms with van der Waals surface area (Å²) in [5, 5.41) is 18.5. The zero-order valence-corrected chi connectivity index (χ0v) is 8.41. The Morgan fingerprint density at radius 1 is 1.43 bits per heavy atom. The van der Waals surface area contributed by atoms with Crippen molar-refractivity contribution in [3.05, 3.63) is 23.3 Å². The quantitative estimate of drug-likeness (QED) is 0.408. The van der Waals surface area contributed by atoms with Crippen LogP contribution in [-0.2, 0) is 5.54 Å². The van der Waals surface area contributed by atoms with Crippen molar-refractivity contribution in [2.45, 2.75) is 19.4 Å². The number of aliphatic hydroxyl groups is 1. The van der Waals surface area contributed by atoms with Crippen LogP contribution in [0.15, 0.2) is 12.1 Å². The number of nitrogens with two attached hydrogens (primary N) is 2. The maximum absolute atomic E-state index is 9.48. The van der Waals surface area contributed by atoms with Crippen LogP contribution in [0.25, 0.3) is 0 Å². The summed E-state index contributed by atoms with van der Waals surface area (Å²) in [4.78, 5) is 0. The molecule has 0 spiro atoms. The lowest BCUT2D eigenvalue weighted by molar-refractivity contribution is 0.210. The SMILES string of the molecule is Cc1cc([C@](C)(N)CO)cc(O)c1N. The Hall–Kier alpha value is -1.26. The third-order valence-electron chi connectivity index (χ3n) is 2.35. The van der Waals surface area contributed by atoms with Gasteiger partial charge < -0.3 is 21.7 Å². The number of aromatic hydroxyl groups is 1. The number of hydrogen-bond donors (Lipinski definition) is 4. The van der Waals surface area contributed by atoms with E-state index in [4.69, 9.17) is 16.6 Å². The second-order valence-electron chi connectivity index (χ2n) is 3.80. The van der Waals surface area contributed by atoms with Gasteiger partial charge in [-0.2, -0.15) is 0 Å². The van der Waals surface area contributed by atoms with E-state index >= 15 is 0 Å². The van der Waals surface area contributed by atoms with E-state index in [-0.39, 0.29) is 12.4 Å². The van der Waals surface area contributed by atoms with Crippen LogP contribution in [0.1, 0.15) is 18.1 Å². The van der Waals surface area contributed by atoms with Crippen molar-refractivity contribution in [3.8, 4) is 5.75 Å². The van der Waals surface area contributed by atoms with Gasteiger partial charge in [0.05, 0.1) is 17.8 Å². The molecule has 0 fully saturated rings. The fourth-order valence-corrected chi connectivity index (χ4v) is 1.20. The first-order chi connectivity index (χ1) is 6.38. The maximum Gasteiger partial charge on any atom is 0.139 e. The Bertz CT molecular complexity index is 325. The molecule has 0 aromatic heterocycles. The van der Waals surface area contributed by atoms with Gasteiger partial charge >= 0.3 is 0 Å². The van der Waals surface area contributed by atoms with Gasteiger partial charge in [0.2, 0.25) is 0 Å². The van der Waals surface area contributed by atoms with Crippen LogP contribution in [0, 0.1) is 6.92 Å². The van der Waals surface area contributed by atoms with Crippen molar-refractivity contribution >= 4 is 5.69 Å². The van der Waals surface area contributed by atoms with E-state index in [2.05, 4.69) is 0 Å². The smallest absolute Gasteiger partial charge is 0.139 e. The topological polar surface area (TPSA) is 92.5 Å². The fourth-order valence-electron chi connectivity index (χ4n) is 1.20. The normalized spacial score (nSPS) is 15.1. The molecule has 0 heterocycles. The van der Waals surface area contributed by atoms with Gasteiger partial charge in [0.1, 0.15) is 5.75 Å². The number of phenols is 1. The summed E-state index contributed by atoms with van der Waals surface area (Å²) >= 11 is 0. The molecule has 1 aromatic carbocycles. The molecule has 0 aliphatic heterocycles. The summed E-state index contributed by atoms with van der Waals surface area (Å²) in [5.41, 5.74) is 12.3. The Labute approximate surface area is 83.2 Å². The van der Waals surface area contributed by atoms with E-state index in [1.54, 1.807) is 19.9 Å². The molecule has 1 rings (SSSR count). The lowest BCUT2D eigenvalue weighted by Crippen LogP contribution is -2.37. The summed E-state index contributed by atoms with van der Waals surface area (Å²) in [6, 6.07) is 3.25. The van der Waals surface area contributed by atoms with E-state index in [0.717, 1.165) is 5.56 Å². The van der Waals surface area contributed by atoms with E-state index < -0.39 is 5.54 Å². The van der Waals surface area contributed by atoms with Gasteiger partial charge in [0, 0.05) is 0 Å². The van der Waals surface area contributed by atoms with Gasteiger partial charge in [-0.15, -0.1) is 0 Å². The average Bonchev–Trinajstić information content (AvgIpc) is 2.13. The molecule has 0 unspecified atom stereocenters. The van der Waals surface area contributed by atoms with E-state index in [1.165, 1.54) is 6.07 Å². The third-order valence-corrected chi connectivity index (χ3v) is 2.35. The second kappa shape index (κ2) is 3.48. The standard InChI is InChI=1S/C10H16N2O2/c1-6-3-7(10(2,12)5-13)4-8(14)9(6)11/h3-4,13-14H,5,11-12H2,1-2H3/t10-/m1/s1. The molecule has 0 saturated heterocycles. The lowest BCUT2D eigenvalue weighted by atomic mass is 9.92. The van der Waals surface area contributed by atoms with Gasteiger partial charge in [-0.1, -0.05) is 6.07 Å². The van der Waals surface area contributed by atoms with Gasteiger partial charge in [-0.3, -0.25) is 0 Å². The molecule has 6 N–H and O–H groups in total. The molecule has 0 radical (unpaired) electrons. The molecule has 0 aliphatic carbocycles. The molecule has 1 aromatic rings. The van der Waals surface area contributed by atoms with E-state index in [0.29, 0.717) is 11.3 Å². The molecule has 4 heteroatoms. The highest BCUT2D eigenvalue weighted by molar-refractivity contribution is 5.59. The monoisotopic (exact) mass is 196 g/mol. The van der Waals surface area contributed by atoms with E-state index in [9.17, 15) is 5.11 Å². The van der Waals surface area contributed by atoms with E-state index in [1.807, 2.05) is 0 Å². The van der Waals surface area contributed by atoms with Crippen molar-refractivity contribution < 1.29 is 10.2 Å². The van der Waals surface area contributed by atoms with Crippen molar-refractivity contribution in [3.63, 3.8) is 0 Å². The summed E-state index contributed by atoms with van der Waals surface area (Å²) in [6.07, 6.45) is 0. The summed E-state index contributed by atoms with van der Waals surface area (Å²) in [7, 11) is 0. The number of nitrogen functional groups attached to an aromatic ring is 1.